The molecule has 0 bridgehead atoms. The molecule has 0 aromatic carbocycles. The molecule has 1 aliphatic carbocycles. The molecule has 64 valence electrons. The molecule has 1 saturated carbocycles. The van der Waals surface area contributed by atoms with Gasteiger partial charge in [-0.3, -0.25) is 0 Å². The van der Waals surface area contributed by atoms with Gasteiger partial charge >= 0.3 is 0 Å². The summed E-state index contributed by atoms with van der Waals surface area (Å²) in [4.78, 5) is 4.43. The van der Waals surface area contributed by atoms with Crippen LogP contribution < -0.4 is 5.32 Å². The van der Waals surface area contributed by atoms with Crippen LogP contribution in [0.3, 0.4) is 0 Å². The van der Waals surface area contributed by atoms with E-state index >= 15 is 0 Å². The zero-order chi connectivity index (χ0) is 7.97. The fraction of sp³-hybridized carbons (Fsp3) is 0.667. The Bertz CT molecular complexity index is 278. The number of hydrogen-bond acceptors (Lipinski definition) is 3. The third-order valence-corrected chi connectivity index (χ3v) is 2.51. The number of anilines is 1. The number of aromatic nitrogens is 1. The molecule has 0 unspecified atom stereocenters. The molecule has 2 heterocycles. The van der Waals surface area contributed by atoms with Gasteiger partial charge in [0.1, 0.15) is 5.76 Å². The van der Waals surface area contributed by atoms with Crippen LogP contribution in [0.5, 0.6) is 0 Å². The summed E-state index contributed by atoms with van der Waals surface area (Å²) < 4.78 is 5.66. The molecule has 3 rings (SSSR count). The fourth-order valence-electron chi connectivity index (χ4n) is 1.64. The SMILES string of the molecule is C1CNc2nc(C3CC3)oc2C1. The van der Waals surface area contributed by atoms with Gasteiger partial charge in [-0.1, -0.05) is 0 Å². The highest BCUT2D eigenvalue weighted by atomic mass is 16.4. The average Bonchev–Trinajstić information content (AvgIpc) is 2.85. The number of nitrogens with zero attached hydrogens (tertiary/aromatic N) is 1. The summed E-state index contributed by atoms with van der Waals surface area (Å²) >= 11 is 0. The number of hydrogen-bond donors (Lipinski definition) is 1. The first kappa shape index (κ1) is 6.52. The van der Waals surface area contributed by atoms with Crippen molar-refractivity contribution in [2.75, 3.05) is 11.9 Å². The lowest BCUT2D eigenvalue weighted by Gasteiger charge is -2.08. The van der Waals surface area contributed by atoms with Gasteiger partial charge in [-0.15, -0.1) is 0 Å². The molecule has 0 atom stereocenters. The smallest absolute Gasteiger partial charge is 0.199 e. The summed E-state index contributed by atoms with van der Waals surface area (Å²) in [5, 5.41) is 3.26. The Balaban J connectivity index is 1.97. The van der Waals surface area contributed by atoms with E-state index in [2.05, 4.69) is 10.3 Å². The molecule has 1 aliphatic heterocycles. The van der Waals surface area contributed by atoms with Gasteiger partial charge in [-0.2, -0.15) is 4.98 Å². The van der Waals surface area contributed by atoms with Gasteiger partial charge in [-0.05, 0) is 19.3 Å². The van der Waals surface area contributed by atoms with E-state index in [1.807, 2.05) is 0 Å². The van der Waals surface area contributed by atoms with Gasteiger partial charge < -0.3 is 9.73 Å². The van der Waals surface area contributed by atoms with Crippen molar-refractivity contribution in [1.82, 2.24) is 4.98 Å². The number of oxazole rings is 1. The monoisotopic (exact) mass is 164 g/mol. The second-order valence-electron chi connectivity index (χ2n) is 3.63. The van der Waals surface area contributed by atoms with Crippen LogP contribution in [-0.4, -0.2) is 11.5 Å². The van der Waals surface area contributed by atoms with Crippen molar-refractivity contribution in [1.29, 1.82) is 0 Å². The van der Waals surface area contributed by atoms with Crippen molar-refractivity contribution >= 4 is 5.82 Å². The van der Waals surface area contributed by atoms with E-state index in [0.29, 0.717) is 5.92 Å². The number of nitrogens with one attached hydrogen (secondary N) is 1. The van der Waals surface area contributed by atoms with Gasteiger partial charge in [-0.25, -0.2) is 0 Å². The topological polar surface area (TPSA) is 38.1 Å². The summed E-state index contributed by atoms with van der Waals surface area (Å²) in [5.74, 6) is 3.68. The summed E-state index contributed by atoms with van der Waals surface area (Å²) in [6, 6.07) is 0. The minimum absolute atomic E-state index is 0.636. The Labute approximate surface area is 71.2 Å². The van der Waals surface area contributed by atoms with Gasteiger partial charge in [0.15, 0.2) is 11.7 Å². The minimum atomic E-state index is 0.636. The highest BCUT2D eigenvalue weighted by molar-refractivity contribution is 5.41. The maximum Gasteiger partial charge on any atom is 0.199 e. The van der Waals surface area contributed by atoms with E-state index in [4.69, 9.17) is 4.42 Å². The molecule has 1 aromatic heterocycles. The van der Waals surface area contributed by atoms with Crippen LogP contribution in [0.25, 0.3) is 0 Å². The molecule has 1 N–H and O–H groups in total. The summed E-state index contributed by atoms with van der Waals surface area (Å²) in [6.07, 6.45) is 4.76. The first-order chi connectivity index (χ1) is 5.93. The molecule has 1 fully saturated rings. The van der Waals surface area contributed by atoms with Gasteiger partial charge in [0.2, 0.25) is 0 Å². The highest BCUT2D eigenvalue weighted by Crippen LogP contribution is 2.41. The second-order valence-corrected chi connectivity index (χ2v) is 3.63. The van der Waals surface area contributed by atoms with Gasteiger partial charge in [0.25, 0.3) is 0 Å². The first-order valence-electron chi connectivity index (χ1n) is 4.67. The van der Waals surface area contributed by atoms with Crippen molar-refractivity contribution < 1.29 is 4.42 Å². The fourth-order valence-corrected chi connectivity index (χ4v) is 1.64. The molecule has 2 aliphatic rings. The van der Waals surface area contributed by atoms with Crippen molar-refractivity contribution in [3.8, 4) is 0 Å². The van der Waals surface area contributed by atoms with Crippen molar-refractivity contribution in [2.45, 2.75) is 31.6 Å². The molecule has 0 saturated heterocycles. The van der Waals surface area contributed by atoms with E-state index in [1.54, 1.807) is 0 Å². The molecule has 0 amide bonds. The average molecular weight is 164 g/mol. The predicted molar refractivity (Wildman–Crippen MR) is 45.3 cm³/mol. The summed E-state index contributed by atoms with van der Waals surface area (Å²) in [6.45, 7) is 1.05. The molecule has 0 radical (unpaired) electrons. The lowest BCUT2D eigenvalue weighted by Crippen LogP contribution is -2.10. The van der Waals surface area contributed by atoms with Gasteiger partial charge in [0, 0.05) is 18.9 Å². The van der Waals surface area contributed by atoms with Crippen LogP contribution >= 0.6 is 0 Å². The molecule has 3 heteroatoms. The molecule has 1 aromatic rings. The number of rotatable bonds is 1. The van der Waals surface area contributed by atoms with Crippen LogP contribution in [0.2, 0.25) is 0 Å². The molecular formula is C9H12N2O. The quantitative estimate of drug-likeness (QED) is 0.689. The first-order valence-corrected chi connectivity index (χ1v) is 4.67. The maximum atomic E-state index is 5.66. The molecule has 0 spiro atoms. The normalized spacial score (nSPS) is 21.7. The van der Waals surface area contributed by atoms with E-state index in [1.165, 1.54) is 19.3 Å². The third-order valence-electron chi connectivity index (χ3n) is 2.51. The summed E-state index contributed by atoms with van der Waals surface area (Å²) in [7, 11) is 0. The van der Waals surface area contributed by atoms with Crippen LogP contribution in [0.15, 0.2) is 4.42 Å². The Kier molecular flexibility index (Phi) is 1.22. The lowest BCUT2D eigenvalue weighted by atomic mass is 10.2. The minimum Gasteiger partial charge on any atom is -0.443 e. The van der Waals surface area contributed by atoms with Crippen molar-refractivity contribution in [3.63, 3.8) is 0 Å². The van der Waals surface area contributed by atoms with Gasteiger partial charge in [0.05, 0.1) is 0 Å². The summed E-state index contributed by atoms with van der Waals surface area (Å²) in [5.41, 5.74) is 0. The Morgan fingerprint density at radius 1 is 1.42 bits per heavy atom. The van der Waals surface area contributed by atoms with E-state index < -0.39 is 0 Å². The van der Waals surface area contributed by atoms with Crippen LogP contribution in [0.4, 0.5) is 5.82 Å². The molecule has 12 heavy (non-hydrogen) atoms. The van der Waals surface area contributed by atoms with E-state index in [-0.39, 0.29) is 0 Å². The predicted octanol–water partition coefficient (Wildman–Crippen LogP) is 1.91. The zero-order valence-electron chi connectivity index (χ0n) is 6.97. The van der Waals surface area contributed by atoms with Crippen molar-refractivity contribution in [2.24, 2.45) is 0 Å². The van der Waals surface area contributed by atoms with Crippen molar-refractivity contribution in [3.05, 3.63) is 11.7 Å². The Hall–Kier alpha value is -0.990. The molecular weight excluding hydrogens is 152 g/mol. The Morgan fingerprint density at radius 3 is 3.08 bits per heavy atom. The second kappa shape index (κ2) is 2.25. The van der Waals surface area contributed by atoms with Crippen LogP contribution in [0.1, 0.15) is 36.8 Å². The van der Waals surface area contributed by atoms with E-state index in [0.717, 1.165) is 30.4 Å². The number of fused-ring (bicyclic) bond motifs is 1. The van der Waals surface area contributed by atoms with Crippen LogP contribution in [0, 0.1) is 0 Å². The lowest BCUT2D eigenvalue weighted by molar-refractivity contribution is 0.451. The maximum absolute atomic E-state index is 5.66. The largest absolute Gasteiger partial charge is 0.443 e. The zero-order valence-corrected chi connectivity index (χ0v) is 6.97. The van der Waals surface area contributed by atoms with E-state index in [9.17, 15) is 0 Å². The Morgan fingerprint density at radius 2 is 2.33 bits per heavy atom. The highest BCUT2D eigenvalue weighted by Gasteiger charge is 2.30. The third kappa shape index (κ3) is 0.924. The van der Waals surface area contributed by atoms with Crippen LogP contribution in [-0.2, 0) is 6.42 Å². The standard InChI is InChI=1S/C9H12N2O/c1-2-7-8(10-5-1)11-9(12-7)6-3-4-6/h6,10H,1-5H2. The number of aryl methyl sites for hydroxylation is 1. The molecule has 3 nitrogen and oxygen atoms in total.